The van der Waals surface area contributed by atoms with Crippen molar-refractivity contribution < 1.29 is 17.9 Å². The van der Waals surface area contributed by atoms with Crippen LogP contribution in [-0.2, 0) is 0 Å². The zero-order valence-electron chi connectivity index (χ0n) is 9.50. The molecular formula is C12H13F3N2O. The van der Waals surface area contributed by atoms with Crippen molar-refractivity contribution in [3.8, 4) is 18.1 Å². The Labute approximate surface area is 103 Å². The number of nitrogens with one attached hydrogen (secondary N) is 1. The molecule has 0 bridgehead atoms. The Bertz CT molecular complexity index is 426. The molecule has 0 saturated carbocycles. The van der Waals surface area contributed by atoms with Gasteiger partial charge in [-0.25, -0.2) is 0 Å². The predicted octanol–water partition coefficient (Wildman–Crippen LogP) is 1.81. The van der Waals surface area contributed by atoms with Gasteiger partial charge in [-0.1, -0.05) is 24.1 Å². The summed E-state index contributed by atoms with van der Waals surface area (Å²) in [5.74, 6) is 2.07. The molecule has 0 radical (unpaired) electrons. The lowest BCUT2D eigenvalue weighted by molar-refractivity contribution is -0.275. The van der Waals surface area contributed by atoms with Crippen LogP contribution in [0.15, 0.2) is 24.3 Å². The third-order valence-corrected chi connectivity index (χ3v) is 2.21. The number of halogens is 3. The lowest BCUT2D eigenvalue weighted by atomic mass is 10.1. The summed E-state index contributed by atoms with van der Waals surface area (Å²) >= 11 is 0. The van der Waals surface area contributed by atoms with E-state index in [1.165, 1.54) is 18.2 Å². The molecule has 0 aromatic heterocycles. The number of benzene rings is 1. The molecule has 0 amide bonds. The van der Waals surface area contributed by atoms with E-state index in [1.807, 2.05) is 0 Å². The molecule has 98 valence electrons. The average molecular weight is 258 g/mol. The molecule has 0 aliphatic rings. The Morgan fingerprint density at radius 3 is 2.61 bits per heavy atom. The SMILES string of the molecule is C#CCNC(CN)c1ccccc1OC(F)(F)F. The highest BCUT2D eigenvalue weighted by molar-refractivity contribution is 5.36. The van der Waals surface area contributed by atoms with E-state index in [2.05, 4.69) is 16.0 Å². The van der Waals surface area contributed by atoms with Gasteiger partial charge < -0.3 is 10.5 Å². The van der Waals surface area contributed by atoms with Crippen LogP contribution in [0.3, 0.4) is 0 Å². The molecule has 1 aromatic carbocycles. The molecule has 1 rings (SSSR count). The fourth-order valence-electron chi connectivity index (χ4n) is 1.49. The summed E-state index contributed by atoms with van der Waals surface area (Å²) in [6.45, 7) is 0.322. The molecule has 18 heavy (non-hydrogen) atoms. The van der Waals surface area contributed by atoms with Crippen molar-refractivity contribution in [3.05, 3.63) is 29.8 Å². The monoisotopic (exact) mass is 258 g/mol. The van der Waals surface area contributed by atoms with Crippen molar-refractivity contribution in [2.45, 2.75) is 12.4 Å². The van der Waals surface area contributed by atoms with Gasteiger partial charge >= 0.3 is 6.36 Å². The average Bonchev–Trinajstić information content (AvgIpc) is 2.30. The highest BCUT2D eigenvalue weighted by Crippen LogP contribution is 2.29. The van der Waals surface area contributed by atoms with Gasteiger partial charge in [0.15, 0.2) is 0 Å². The van der Waals surface area contributed by atoms with Crippen LogP contribution in [0.5, 0.6) is 5.75 Å². The van der Waals surface area contributed by atoms with Crippen LogP contribution in [0.1, 0.15) is 11.6 Å². The summed E-state index contributed by atoms with van der Waals surface area (Å²) in [6.07, 6.45) is 0.350. The minimum atomic E-state index is -4.73. The van der Waals surface area contributed by atoms with E-state index >= 15 is 0 Å². The van der Waals surface area contributed by atoms with Crippen LogP contribution in [0.25, 0.3) is 0 Å². The zero-order valence-corrected chi connectivity index (χ0v) is 9.50. The van der Waals surface area contributed by atoms with Gasteiger partial charge in [-0.2, -0.15) is 0 Å². The van der Waals surface area contributed by atoms with Gasteiger partial charge in [0, 0.05) is 18.2 Å². The van der Waals surface area contributed by atoms with Crippen LogP contribution in [0.2, 0.25) is 0 Å². The maximum atomic E-state index is 12.2. The molecule has 0 spiro atoms. The Kier molecular flexibility index (Phi) is 5.01. The molecule has 0 fully saturated rings. The quantitative estimate of drug-likeness (QED) is 0.792. The topological polar surface area (TPSA) is 47.3 Å². The van der Waals surface area contributed by atoms with Gasteiger partial charge in [-0.3, -0.25) is 5.32 Å². The smallest absolute Gasteiger partial charge is 0.405 e. The van der Waals surface area contributed by atoms with Gasteiger partial charge in [0.2, 0.25) is 0 Å². The maximum absolute atomic E-state index is 12.2. The molecule has 0 heterocycles. The number of hydrogen-bond acceptors (Lipinski definition) is 3. The third-order valence-electron chi connectivity index (χ3n) is 2.21. The van der Waals surface area contributed by atoms with Crippen molar-refractivity contribution in [1.82, 2.24) is 5.32 Å². The lowest BCUT2D eigenvalue weighted by Crippen LogP contribution is -2.29. The maximum Gasteiger partial charge on any atom is 0.573 e. The molecule has 0 saturated heterocycles. The number of alkyl halides is 3. The van der Waals surface area contributed by atoms with E-state index in [1.54, 1.807) is 6.07 Å². The second-order valence-electron chi connectivity index (χ2n) is 3.46. The molecule has 6 heteroatoms. The summed E-state index contributed by atoms with van der Waals surface area (Å²) in [5.41, 5.74) is 5.84. The standard InChI is InChI=1S/C12H13F3N2O/c1-2-7-17-10(8-16)9-5-3-4-6-11(9)18-12(13,14)15/h1,3-6,10,17H,7-8,16H2. The number of hydrogen-bond donors (Lipinski definition) is 2. The number of rotatable bonds is 5. The molecule has 1 atom stereocenters. The Morgan fingerprint density at radius 2 is 2.06 bits per heavy atom. The molecule has 1 unspecified atom stereocenters. The predicted molar refractivity (Wildman–Crippen MR) is 61.8 cm³/mol. The van der Waals surface area contributed by atoms with Gasteiger partial charge in [-0.05, 0) is 6.07 Å². The number of nitrogens with two attached hydrogens (primary N) is 1. The third kappa shape index (κ3) is 4.28. The van der Waals surface area contributed by atoms with Gasteiger partial charge in [0.25, 0.3) is 0 Å². The first-order valence-electron chi connectivity index (χ1n) is 5.19. The first-order chi connectivity index (χ1) is 8.48. The molecule has 0 aliphatic heterocycles. The molecule has 1 aromatic rings. The van der Waals surface area contributed by atoms with E-state index in [9.17, 15) is 13.2 Å². The number of ether oxygens (including phenoxy) is 1. The van der Waals surface area contributed by atoms with Gasteiger partial charge in [0.05, 0.1) is 6.54 Å². The Balaban J connectivity index is 2.96. The first-order valence-corrected chi connectivity index (χ1v) is 5.19. The van der Waals surface area contributed by atoms with E-state index in [4.69, 9.17) is 12.2 Å². The fourth-order valence-corrected chi connectivity index (χ4v) is 1.49. The van der Waals surface area contributed by atoms with Crippen LogP contribution in [-0.4, -0.2) is 19.5 Å². The molecular weight excluding hydrogens is 245 g/mol. The normalized spacial score (nSPS) is 12.8. The summed E-state index contributed by atoms with van der Waals surface area (Å²) < 4.78 is 40.7. The highest BCUT2D eigenvalue weighted by atomic mass is 19.4. The van der Waals surface area contributed by atoms with Crippen LogP contribution in [0.4, 0.5) is 13.2 Å². The minimum absolute atomic E-state index is 0.111. The summed E-state index contributed by atoms with van der Waals surface area (Å²) in [5, 5.41) is 2.85. The van der Waals surface area contributed by atoms with Crippen molar-refractivity contribution >= 4 is 0 Å². The van der Waals surface area contributed by atoms with Crippen LogP contribution < -0.4 is 15.8 Å². The summed E-state index contributed by atoms with van der Waals surface area (Å²) in [6, 6.07) is 5.34. The number of para-hydroxylation sites is 1. The molecule has 3 nitrogen and oxygen atoms in total. The second kappa shape index (κ2) is 6.28. The van der Waals surface area contributed by atoms with Crippen LogP contribution in [0, 0.1) is 12.3 Å². The second-order valence-corrected chi connectivity index (χ2v) is 3.46. The van der Waals surface area contributed by atoms with E-state index < -0.39 is 12.4 Å². The van der Waals surface area contributed by atoms with Gasteiger partial charge in [0.1, 0.15) is 5.75 Å². The van der Waals surface area contributed by atoms with E-state index in [0.717, 1.165) is 0 Å². The van der Waals surface area contributed by atoms with E-state index in [0.29, 0.717) is 5.56 Å². The lowest BCUT2D eigenvalue weighted by Gasteiger charge is -2.20. The zero-order chi connectivity index (χ0) is 13.6. The van der Waals surface area contributed by atoms with Gasteiger partial charge in [-0.15, -0.1) is 19.6 Å². The highest BCUT2D eigenvalue weighted by Gasteiger charge is 2.32. The van der Waals surface area contributed by atoms with Crippen molar-refractivity contribution in [2.75, 3.05) is 13.1 Å². The summed E-state index contributed by atoms with van der Waals surface area (Å²) in [4.78, 5) is 0. The van der Waals surface area contributed by atoms with Crippen molar-refractivity contribution in [2.24, 2.45) is 5.73 Å². The molecule has 0 aliphatic carbocycles. The van der Waals surface area contributed by atoms with Crippen molar-refractivity contribution in [3.63, 3.8) is 0 Å². The van der Waals surface area contributed by atoms with Crippen molar-refractivity contribution in [1.29, 1.82) is 0 Å². The Morgan fingerprint density at radius 1 is 1.39 bits per heavy atom. The molecule has 3 N–H and O–H groups in total. The van der Waals surface area contributed by atoms with Crippen LogP contribution >= 0.6 is 0 Å². The Hall–Kier alpha value is -1.71. The summed E-state index contributed by atoms with van der Waals surface area (Å²) in [7, 11) is 0. The minimum Gasteiger partial charge on any atom is -0.405 e. The number of terminal acetylenes is 1. The fraction of sp³-hybridized carbons (Fsp3) is 0.333. The van der Waals surface area contributed by atoms with E-state index in [-0.39, 0.29) is 18.8 Å². The first kappa shape index (κ1) is 14.4. The largest absolute Gasteiger partial charge is 0.573 e.